The molecule has 0 amide bonds. The van der Waals surface area contributed by atoms with E-state index in [9.17, 15) is 0 Å². The van der Waals surface area contributed by atoms with Crippen LogP contribution in [0.3, 0.4) is 0 Å². The Balaban J connectivity index is 2.37. The zero-order chi connectivity index (χ0) is 13.1. The Morgan fingerprint density at radius 3 is 2.83 bits per heavy atom. The van der Waals surface area contributed by atoms with Crippen molar-refractivity contribution in [3.63, 3.8) is 0 Å². The van der Waals surface area contributed by atoms with Gasteiger partial charge in [-0.1, -0.05) is 6.92 Å². The Hall–Kier alpha value is -0.650. The number of hydrogen-bond acceptors (Lipinski definition) is 3. The summed E-state index contributed by atoms with van der Waals surface area (Å²) in [6, 6.07) is 2.33. The number of aromatic nitrogens is 2. The number of nitrogens with one attached hydrogen (secondary N) is 1. The molecule has 0 aliphatic carbocycles. The van der Waals surface area contributed by atoms with Gasteiger partial charge in [0.15, 0.2) is 0 Å². The van der Waals surface area contributed by atoms with E-state index in [0.717, 1.165) is 13.0 Å². The molecule has 2 aromatic rings. The molecule has 5 heteroatoms. The summed E-state index contributed by atoms with van der Waals surface area (Å²) >= 11 is 5.41. The molecule has 2 aromatic heterocycles. The van der Waals surface area contributed by atoms with Gasteiger partial charge in [0, 0.05) is 27.7 Å². The predicted octanol–water partition coefficient (Wildman–Crippen LogP) is 3.64. The number of nitrogens with zero attached hydrogens (tertiary/aromatic N) is 2. The molecule has 0 spiro atoms. The highest BCUT2D eigenvalue weighted by atomic mass is 79.9. The molecule has 2 heterocycles. The van der Waals surface area contributed by atoms with Gasteiger partial charge >= 0.3 is 0 Å². The summed E-state index contributed by atoms with van der Waals surface area (Å²) in [4.78, 5) is 1.32. The third kappa shape index (κ3) is 2.68. The van der Waals surface area contributed by atoms with Gasteiger partial charge in [0.05, 0.1) is 12.2 Å². The van der Waals surface area contributed by atoms with Crippen LogP contribution in [-0.4, -0.2) is 16.3 Å². The van der Waals surface area contributed by atoms with Crippen LogP contribution in [0.4, 0.5) is 0 Å². The third-order valence-electron chi connectivity index (χ3n) is 3.09. The molecule has 0 saturated carbocycles. The molecule has 18 heavy (non-hydrogen) atoms. The Labute approximate surface area is 120 Å². The van der Waals surface area contributed by atoms with E-state index in [2.05, 4.69) is 51.6 Å². The summed E-state index contributed by atoms with van der Waals surface area (Å²) in [5.74, 6) is 0. The Morgan fingerprint density at radius 2 is 2.33 bits per heavy atom. The zero-order valence-corrected chi connectivity index (χ0v) is 13.3. The fraction of sp³-hybridized carbons (Fsp3) is 0.462. The molecule has 0 aliphatic rings. The van der Waals surface area contributed by atoms with Gasteiger partial charge in [0.2, 0.25) is 0 Å². The van der Waals surface area contributed by atoms with E-state index in [1.54, 1.807) is 11.3 Å². The van der Waals surface area contributed by atoms with E-state index < -0.39 is 0 Å². The van der Waals surface area contributed by atoms with Crippen molar-refractivity contribution in [2.45, 2.75) is 26.3 Å². The minimum absolute atomic E-state index is 0.230. The molecule has 0 aliphatic heterocycles. The van der Waals surface area contributed by atoms with Crippen molar-refractivity contribution in [1.29, 1.82) is 0 Å². The Bertz CT molecular complexity index is 518. The van der Waals surface area contributed by atoms with Gasteiger partial charge in [-0.2, -0.15) is 5.10 Å². The Kier molecular flexibility index (Phi) is 4.59. The largest absolute Gasteiger partial charge is 0.305 e. The Morgan fingerprint density at radius 1 is 1.56 bits per heavy atom. The number of rotatable bonds is 5. The average Bonchev–Trinajstić information content (AvgIpc) is 2.91. The maximum atomic E-state index is 4.35. The van der Waals surface area contributed by atoms with Crippen molar-refractivity contribution in [3.05, 3.63) is 38.3 Å². The van der Waals surface area contributed by atoms with E-state index >= 15 is 0 Å². The maximum absolute atomic E-state index is 4.35. The molecular formula is C13H18BrN3S. The second-order valence-electron chi connectivity index (χ2n) is 4.33. The fourth-order valence-electron chi connectivity index (χ4n) is 1.94. The summed E-state index contributed by atoms with van der Waals surface area (Å²) in [5.41, 5.74) is 2.47. The van der Waals surface area contributed by atoms with Gasteiger partial charge < -0.3 is 5.32 Å². The lowest BCUT2D eigenvalue weighted by Crippen LogP contribution is -2.23. The van der Waals surface area contributed by atoms with Crippen LogP contribution in [0.15, 0.2) is 22.1 Å². The van der Waals surface area contributed by atoms with Crippen molar-refractivity contribution in [2.24, 2.45) is 7.05 Å². The number of halogens is 1. The van der Waals surface area contributed by atoms with Gasteiger partial charge in [-0.05, 0) is 47.3 Å². The first kappa shape index (κ1) is 13.8. The lowest BCUT2D eigenvalue weighted by atomic mass is 10.1. The molecule has 0 aromatic carbocycles. The highest BCUT2D eigenvalue weighted by molar-refractivity contribution is 9.10. The molecule has 1 atom stereocenters. The first-order valence-corrected chi connectivity index (χ1v) is 7.77. The summed E-state index contributed by atoms with van der Waals surface area (Å²) in [6.45, 7) is 5.30. The van der Waals surface area contributed by atoms with Gasteiger partial charge in [0.1, 0.15) is 0 Å². The van der Waals surface area contributed by atoms with Crippen molar-refractivity contribution in [3.8, 4) is 0 Å². The fourth-order valence-corrected chi connectivity index (χ4v) is 3.64. The van der Waals surface area contributed by atoms with E-state index in [0.29, 0.717) is 0 Å². The van der Waals surface area contributed by atoms with Crippen molar-refractivity contribution < 1.29 is 0 Å². The molecule has 0 fully saturated rings. The van der Waals surface area contributed by atoms with Gasteiger partial charge in [-0.3, -0.25) is 4.68 Å². The second kappa shape index (κ2) is 5.99. The quantitative estimate of drug-likeness (QED) is 0.908. The molecule has 0 radical (unpaired) electrons. The molecule has 3 nitrogen and oxygen atoms in total. The number of thiophene rings is 1. The molecule has 1 N–H and O–H groups in total. The summed E-state index contributed by atoms with van der Waals surface area (Å²) in [7, 11) is 1.99. The van der Waals surface area contributed by atoms with Crippen molar-refractivity contribution in [1.82, 2.24) is 15.1 Å². The van der Waals surface area contributed by atoms with Crippen LogP contribution in [-0.2, 0) is 7.05 Å². The number of aryl methyl sites for hydroxylation is 1. The lowest BCUT2D eigenvalue weighted by molar-refractivity contribution is 0.600. The van der Waals surface area contributed by atoms with Crippen LogP contribution in [0.25, 0.3) is 0 Å². The van der Waals surface area contributed by atoms with Crippen LogP contribution in [0.2, 0.25) is 0 Å². The van der Waals surface area contributed by atoms with Gasteiger partial charge in [-0.25, -0.2) is 0 Å². The third-order valence-corrected chi connectivity index (χ3v) is 5.03. The minimum Gasteiger partial charge on any atom is -0.305 e. The monoisotopic (exact) mass is 327 g/mol. The minimum atomic E-state index is 0.230. The molecule has 98 valence electrons. The SMILES string of the molecule is CCCNC(c1cnn(C)c1C)c1sccc1Br. The van der Waals surface area contributed by atoms with Gasteiger partial charge in [-0.15, -0.1) is 11.3 Å². The number of hydrogen-bond donors (Lipinski definition) is 1. The van der Waals surface area contributed by atoms with Crippen molar-refractivity contribution >= 4 is 27.3 Å². The normalized spacial score (nSPS) is 12.9. The molecule has 1 unspecified atom stereocenters. The average molecular weight is 328 g/mol. The van der Waals surface area contributed by atoms with Crippen LogP contribution in [0, 0.1) is 6.92 Å². The van der Waals surface area contributed by atoms with Crippen LogP contribution < -0.4 is 5.32 Å². The van der Waals surface area contributed by atoms with Gasteiger partial charge in [0.25, 0.3) is 0 Å². The highest BCUT2D eigenvalue weighted by Gasteiger charge is 2.21. The van der Waals surface area contributed by atoms with Crippen LogP contribution >= 0.6 is 27.3 Å². The smallest absolute Gasteiger partial charge is 0.0716 e. The molecule has 2 rings (SSSR count). The van der Waals surface area contributed by atoms with E-state index in [1.807, 2.05) is 17.9 Å². The first-order valence-electron chi connectivity index (χ1n) is 6.10. The molecule has 0 saturated heterocycles. The van der Waals surface area contributed by atoms with Crippen LogP contribution in [0.5, 0.6) is 0 Å². The molecular weight excluding hydrogens is 310 g/mol. The van der Waals surface area contributed by atoms with E-state index in [-0.39, 0.29) is 6.04 Å². The first-order chi connectivity index (χ1) is 8.65. The topological polar surface area (TPSA) is 29.9 Å². The molecule has 0 bridgehead atoms. The van der Waals surface area contributed by atoms with Crippen molar-refractivity contribution in [2.75, 3.05) is 6.54 Å². The second-order valence-corrected chi connectivity index (χ2v) is 6.13. The maximum Gasteiger partial charge on any atom is 0.0716 e. The standard InChI is InChI=1S/C13H18BrN3S/c1-4-6-15-12(13-11(14)5-7-18-13)10-8-16-17(3)9(10)2/h5,7-8,12,15H,4,6H2,1-3H3. The lowest BCUT2D eigenvalue weighted by Gasteiger charge is -2.18. The van der Waals surface area contributed by atoms with Crippen LogP contribution in [0.1, 0.15) is 35.5 Å². The highest BCUT2D eigenvalue weighted by Crippen LogP contribution is 2.34. The summed E-state index contributed by atoms with van der Waals surface area (Å²) < 4.78 is 3.10. The summed E-state index contributed by atoms with van der Waals surface area (Å²) in [5, 5.41) is 10.1. The zero-order valence-electron chi connectivity index (χ0n) is 10.9. The predicted molar refractivity (Wildman–Crippen MR) is 80.1 cm³/mol. The van der Waals surface area contributed by atoms with E-state index in [1.165, 1.54) is 20.6 Å². The summed E-state index contributed by atoms with van der Waals surface area (Å²) in [6.07, 6.45) is 3.09. The van der Waals surface area contributed by atoms with E-state index in [4.69, 9.17) is 0 Å².